The number of rotatable bonds is 7. The number of aryl methyl sites for hydroxylation is 1. The molecule has 22 heavy (non-hydrogen) atoms. The van der Waals surface area contributed by atoms with Crippen molar-refractivity contribution in [1.29, 1.82) is 0 Å². The van der Waals surface area contributed by atoms with E-state index in [4.69, 9.17) is 11.6 Å². The summed E-state index contributed by atoms with van der Waals surface area (Å²) in [5, 5.41) is 7.61. The van der Waals surface area contributed by atoms with Crippen LogP contribution in [-0.2, 0) is 28.7 Å². The van der Waals surface area contributed by atoms with Gasteiger partial charge >= 0.3 is 0 Å². The van der Waals surface area contributed by atoms with Crippen molar-refractivity contribution in [3.63, 3.8) is 0 Å². The van der Waals surface area contributed by atoms with Crippen LogP contribution in [0.4, 0.5) is 4.39 Å². The van der Waals surface area contributed by atoms with Gasteiger partial charge in [-0.15, -0.1) is 10.2 Å². The number of halogens is 2. The maximum Gasteiger partial charge on any atom is 0.215 e. The highest BCUT2D eigenvalue weighted by Crippen LogP contribution is 2.17. The maximum absolute atomic E-state index is 13.1. The van der Waals surface area contributed by atoms with Crippen molar-refractivity contribution in [2.75, 3.05) is 6.54 Å². The second-order valence-electron chi connectivity index (χ2n) is 4.70. The second-order valence-corrected chi connectivity index (χ2v) is 6.91. The summed E-state index contributed by atoms with van der Waals surface area (Å²) < 4.78 is 41.3. The zero-order chi connectivity index (χ0) is 16.2. The minimum atomic E-state index is -3.52. The van der Waals surface area contributed by atoms with Crippen LogP contribution in [0.5, 0.6) is 0 Å². The van der Waals surface area contributed by atoms with E-state index in [-0.39, 0.29) is 17.3 Å². The molecule has 1 aromatic heterocycles. The second kappa shape index (κ2) is 7.17. The molecule has 0 aliphatic rings. The van der Waals surface area contributed by atoms with Crippen LogP contribution in [0.3, 0.4) is 0 Å². The summed E-state index contributed by atoms with van der Waals surface area (Å²) in [4.78, 5) is 0. The van der Waals surface area contributed by atoms with E-state index in [0.29, 0.717) is 12.1 Å². The Balaban J connectivity index is 1.92. The van der Waals surface area contributed by atoms with Crippen molar-refractivity contribution in [1.82, 2.24) is 19.5 Å². The lowest BCUT2D eigenvalue weighted by molar-refractivity contribution is 0.568. The van der Waals surface area contributed by atoms with Crippen LogP contribution in [-0.4, -0.2) is 29.7 Å². The molecular weight excluding hydrogens is 331 g/mol. The van der Waals surface area contributed by atoms with E-state index in [9.17, 15) is 12.8 Å². The van der Waals surface area contributed by atoms with Gasteiger partial charge in [-0.25, -0.2) is 17.5 Å². The number of hydrogen-bond donors (Lipinski definition) is 1. The number of nitrogens with one attached hydrogen (secondary N) is 1. The molecule has 120 valence electrons. The fraction of sp³-hybridized carbons (Fsp3) is 0.385. The Bertz CT molecular complexity index is 748. The van der Waals surface area contributed by atoms with Crippen molar-refractivity contribution in [2.24, 2.45) is 0 Å². The Labute approximate surface area is 133 Å². The van der Waals surface area contributed by atoms with E-state index in [2.05, 4.69) is 14.9 Å². The molecule has 6 nitrogen and oxygen atoms in total. The van der Waals surface area contributed by atoms with Crippen LogP contribution < -0.4 is 4.72 Å². The fourth-order valence-corrected chi connectivity index (χ4v) is 3.29. The van der Waals surface area contributed by atoms with Gasteiger partial charge in [0.1, 0.15) is 18.0 Å². The first-order chi connectivity index (χ1) is 10.4. The van der Waals surface area contributed by atoms with E-state index >= 15 is 0 Å². The van der Waals surface area contributed by atoms with Gasteiger partial charge in [0.25, 0.3) is 0 Å². The van der Waals surface area contributed by atoms with E-state index in [1.165, 1.54) is 12.1 Å². The van der Waals surface area contributed by atoms with Crippen molar-refractivity contribution in [2.45, 2.75) is 25.6 Å². The number of sulfonamides is 1. The van der Waals surface area contributed by atoms with Crippen LogP contribution >= 0.6 is 11.6 Å². The smallest absolute Gasteiger partial charge is 0.215 e. The Kier molecular flexibility index (Phi) is 5.49. The molecule has 0 saturated carbocycles. The lowest BCUT2D eigenvalue weighted by atomic mass is 10.2. The molecule has 1 N–H and O–H groups in total. The number of aromatic nitrogens is 3. The molecule has 0 amide bonds. The zero-order valence-electron chi connectivity index (χ0n) is 12.0. The molecule has 0 saturated heterocycles. The van der Waals surface area contributed by atoms with Gasteiger partial charge in [-0.05, 0) is 17.7 Å². The van der Waals surface area contributed by atoms with E-state index < -0.39 is 15.8 Å². The molecule has 2 aromatic rings. The number of hydrogen-bond acceptors (Lipinski definition) is 4. The van der Waals surface area contributed by atoms with E-state index in [0.717, 1.165) is 18.3 Å². The predicted octanol–water partition coefficient (Wildman–Crippen LogP) is 1.75. The van der Waals surface area contributed by atoms with Crippen LogP contribution in [0.15, 0.2) is 24.5 Å². The highest BCUT2D eigenvalue weighted by Gasteiger charge is 2.13. The molecule has 0 bridgehead atoms. The van der Waals surface area contributed by atoms with Crippen molar-refractivity contribution in [3.05, 3.63) is 46.8 Å². The summed E-state index contributed by atoms with van der Waals surface area (Å²) in [6.45, 7) is 2.62. The molecule has 1 aromatic carbocycles. The third-order valence-corrected chi connectivity index (χ3v) is 4.67. The largest absolute Gasteiger partial charge is 0.316 e. The summed E-state index contributed by atoms with van der Waals surface area (Å²) in [7, 11) is -3.52. The molecule has 9 heteroatoms. The van der Waals surface area contributed by atoms with Crippen LogP contribution in [0.25, 0.3) is 0 Å². The summed E-state index contributed by atoms with van der Waals surface area (Å²) in [6.07, 6.45) is 2.29. The molecule has 0 atom stereocenters. The molecule has 0 unspecified atom stereocenters. The Morgan fingerprint density at radius 3 is 2.86 bits per heavy atom. The topological polar surface area (TPSA) is 76.9 Å². The van der Waals surface area contributed by atoms with Gasteiger partial charge in [-0.2, -0.15) is 0 Å². The lowest BCUT2D eigenvalue weighted by Gasteiger charge is -2.09. The molecule has 0 aliphatic heterocycles. The lowest BCUT2D eigenvalue weighted by Crippen LogP contribution is -2.28. The fourth-order valence-electron chi connectivity index (χ4n) is 1.96. The molecule has 2 rings (SSSR count). The summed E-state index contributed by atoms with van der Waals surface area (Å²) in [6, 6.07) is 3.86. The Morgan fingerprint density at radius 1 is 1.41 bits per heavy atom. The van der Waals surface area contributed by atoms with Crippen LogP contribution in [0, 0.1) is 5.82 Å². The van der Waals surface area contributed by atoms with Crippen LogP contribution in [0.2, 0.25) is 5.02 Å². The first-order valence-corrected chi connectivity index (χ1v) is 8.72. The molecule has 0 spiro atoms. The van der Waals surface area contributed by atoms with Crippen molar-refractivity contribution < 1.29 is 12.8 Å². The van der Waals surface area contributed by atoms with Gasteiger partial charge < -0.3 is 4.57 Å². The SMILES string of the molecule is CCc1nncn1CCNS(=O)(=O)Cc1ccc(F)c(Cl)c1. The highest BCUT2D eigenvalue weighted by molar-refractivity contribution is 7.88. The van der Waals surface area contributed by atoms with Crippen molar-refractivity contribution in [3.8, 4) is 0 Å². The van der Waals surface area contributed by atoms with Crippen molar-refractivity contribution >= 4 is 21.6 Å². The third-order valence-electron chi connectivity index (χ3n) is 3.03. The van der Waals surface area contributed by atoms with Gasteiger partial charge in [0, 0.05) is 19.5 Å². The summed E-state index contributed by atoms with van der Waals surface area (Å²) >= 11 is 5.64. The first-order valence-electron chi connectivity index (χ1n) is 6.69. The van der Waals surface area contributed by atoms with Gasteiger partial charge in [0.2, 0.25) is 10.0 Å². The monoisotopic (exact) mass is 346 g/mol. The predicted molar refractivity (Wildman–Crippen MR) is 81.4 cm³/mol. The average Bonchev–Trinajstić information content (AvgIpc) is 2.90. The summed E-state index contributed by atoms with van der Waals surface area (Å²) in [5.41, 5.74) is 0.428. The van der Waals surface area contributed by atoms with Crippen LogP contribution in [0.1, 0.15) is 18.3 Å². The average molecular weight is 347 g/mol. The van der Waals surface area contributed by atoms with Gasteiger partial charge in [0.05, 0.1) is 10.8 Å². The standard InChI is InChI=1S/C13H16ClFN4O2S/c1-2-13-18-16-9-19(13)6-5-17-22(20,21)8-10-3-4-12(15)11(14)7-10/h3-4,7,9,17H,2,5-6,8H2,1H3. The van der Waals surface area contributed by atoms with Gasteiger partial charge in [-0.3, -0.25) is 0 Å². The highest BCUT2D eigenvalue weighted by atomic mass is 35.5. The quantitative estimate of drug-likeness (QED) is 0.828. The first kappa shape index (κ1) is 16.9. The Morgan fingerprint density at radius 2 is 2.18 bits per heavy atom. The Hall–Kier alpha value is -1.51. The number of nitrogens with zero attached hydrogens (tertiary/aromatic N) is 3. The summed E-state index contributed by atoms with van der Waals surface area (Å²) in [5.74, 6) is -0.0319. The molecule has 0 aliphatic carbocycles. The molecule has 0 fully saturated rings. The normalized spacial score (nSPS) is 11.8. The third kappa shape index (κ3) is 4.49. The molecular formula is C13H16ClFN4O2S. The zero-order valence-corrected chi connectivity index (χ0v) is 13.5. The van der Waals surface area contributed by atoms with Gasteiger partial charge in [0.15, 0.2) is 0 Å². The number of benzene rings is 1. The molecule has 0 radical (unpaired) electrons. The minimum Gasteiger partial charge on any atom is -0.316 e. The maximum atomic E-state index is 13.1. The van der Waals surface area contributed by atoms with E-state index in [1.54, 1.807) is 10.9 Å². The molecule has 1 heterocycles. The van der Waals surface area contributed by atoms with Gasteiger partial charge in [-0.1, -0.05) is 24.6 Å². The minimum absolute atomic E-state index is 0.0928. The van der Waals surface area contributed by atoms with E-state index in [1.807, 2.05) is 6.92 Å².